The summed E-state index contributed by atoms with van der Waals surface area (Å²) in [6.45, 7) is 1.98. The second kappa shape index (κ2) is 8.53. The molecule has 0 bridgehead atoms. The molecule has 1 aliphatic heterocycles. The second-order valence-corrected chi connectivity index (χ2v) is 8.81. The topological polar surface area (TPSA) is 73.3 Å². The van der Waals surface area contributed by atoms with E-state index in [1.165, 1.54) is 17.7 Å². The van der Waals surface area contributed by atoms with Crippen LogP contribution in [-0.2, 0) is 6.42 Å². The van der Waals surface area contributed by atoms with E-state index in [1.54, 1.807) is 24.2 Å². The summed E-state index contributed by atoms with van der Waals surface area (Å²) < 4.78 is 3.44. The number of benzene rings is 2. The van der Waals surface area contributed by atoms with E-state index in [2.05, 4.69) is 44.2 Å². The summed E-state index contributed by atoms with van der Waals surface area (Å²) in [7, 11) is 0. The van der Waals surface area contributed by atoms with Crippen LogP contribution in [0.25, 0.3) is 0 Å². The predicted octanol–water partition coefficient (Wildman–Crippen LogP) is 5.02. The molecule has 5 rings (SSSR count). The molecule has 0 radical (unpaired) electrons. The zero-order valence-electron chi connectivity index (χ0n) is 16.7. The van der Waals surface area contributed by atoms with Crippen LogP contribution in [0.1, 0.15) is 24.8 Å². The van der Waals surface area contributed by atoms with Crippen LogP contribution in [-0.4, -0.2) is 28.2 Å². The lowest BCUT2D eigenvalue weighted by Crippen LogP contribution is -2.25. The van der Waals surface area contributed by atoms with Crippen LogP contribution in [0.15, 0.2) is 59.6 Å². The van der Waals surface area contributed by atoms with Gasteiger partial charge < -0.3 is 15.3 Å². The fourth-order valence-corrected chi connectivity index (χ4v) is 4.44. The molecule has 0 spiro atoms. The van der Waals surface area contributed by atoms with E-state index in [9.17, 15) is 5.11 Å². The zero-order valence-corrected chi connectivity index (χ0v) is 17.5. The number of nitrogens with zero attached hydrogens (tertiary/aromatic N) is 3. The average Bonchev–Trinajstić information content (AvgIpc) is 3.59. The van der Waals surface area contributed by atoms with Crippen LogP contribution in [0.5, 0.6) is 5.75 Å². The number of phenols is 1. The Bertz CT molecular complexity index is 1020. The molecule has 154 valence electrons. The number of anilines is 4. The molecule has 2 aliphatic rings. The van der Waals surface area contributed by atoms with Crippen molar-refractivity contribution in [2.45, 2.75) is 30.6 Å². The molecule has 0 amide bonds. The van der Waals surface area contributed by atoms with Crippen molar-refractivity contribution in [1.82, 2.24) is 14.7 Å². The van der Waals surface area contributed by atoms with Gasteiger partial charge in [-0.15, -0.1) is 0 Å². The first-order chi connectivity index (χ1) is 14.7. The minimum atomic E-state index is 0.310. The van der Waals surface area contributed by atoms with Crippen LogP contribution in [0, 0.1) is 5.92 Å². The summed E-state index contributed by atoms with van der Waals surface area (Å²) in [5.74, 6) is 2.62. The Balaban J connectivity index is 1.27. The van der Waals surface area contributed by atoms with Crippen LogP contribution in [0.3, 0.4) is 0 Å². The average molecular weight is 420 g/mol. The van der Waals surface area contributed by atoms with Gasteiger partial charge in [-0.3, -0.25) is 4.72 Å². The normalized spacial score (nSPS) is 15.7. The smallest absolute Gasteiger partial charge is 0.229 e. The van der Waals surface area contributed by atoms with E-state index < -0.39 is 0 Å². The van der Waals surface area contributed by atoms with Gasteiger partial charge in [-0.05, 0) is 97.6 Å². The Hall–Kier alpha value is -2.77. The standard InChI is InChI=1S/C23H25N5OS/c29-19-7-10-21-17(14-19)2-1-13-28(21)22-11-12-24-23(27-22)26-18-5-8-20(9-6-18)30-25-15-16-3-4-16/h5-12,14,16,25,29H,1-4,13,15H2,(H,24,26,27). The monoisotopic (exact) mass is 419 g/mol. The number of phenolic OH excluding ortho intramolecular Hbond substituents is 1. The fraction of sp³-hybridized carbons (Fsp3) is 0.304. The quantitative estimate of drug-likeness (QED) is 0.465. The van der Waals surface area contributed by atoms with Gasteiger partial charge in [0.1, 0.15) is 11.6 Å². The molecule has 1 fully saturated rings. The van der Waals surface area contributed by atoms with Gasteiger partial charge in [0, 0.05) is 35.6 Å². The van der Waals surface area contributed by atoms with E-state index in [0.29, 0.717) is 11.7 Å². The molecule has 2 aromatic carbocycles. The molecule has 7 heteroatoms. The van der Waals surface area contributed by atoms with Gasteiger partial charge in [-0.2, -0.15) is 4.98 Å². The Morgan fingerprint density at radius 3 is 2.80 bits per heavy atom. The van der Waals surface area contributed by atoms with Gasteiger partial charge >= 0.3 is 0 Å². The maximum atomic E-state index is 9.79. The molecular formula is C23H25N5OS. The SMILES string of the molecule is Oc1ccc2c(c1)CCCN2c1ccnc(Nc2ccc(SNCC3CC3)cc2)n1. The highest BCUT2D eigenvalue weighted by atomic mass is 32.2. The van der Waals surface area contributed by atoms with Gasteiger partial charge in [0.2, 0.25) is 5.95 Å². The van der Waals surface area contributed by atoms with Crippen LogP contribution in [0.2, 0.25) is 0 Å². The summed E-state index contributed by atoms with van der Waals surface area (Å²) in [5.41, 5.74) is 3.21. The van der Waals surface area contributed by atoms with E-state index in [-0.39, 0.29) is 0 Å². The summed E-state index contributed by atoms with van der Waals surface area (Å²) in [6.07, 6.45) is 6.50. The van der Waals surface area contributed by atoms with Gasteiger partial charge in [-0.25, -0.2) is 4.98 Å². The third-order valence-electron chi connectivity index (χ3n) is 5.47. The highest BCUT2D eigenvalue weighted by Gasteiger charge is 2.21. The van der Waals surface area contributed by atoms with E-state index in [1.807, 2.05) is 18.2 Å². The molecule has 6 nitrogen and oxygen atoms in total. The molecule has 2 heterocycles. The highest BCUT2D eigenvalue weighted by molar-refractivity contribution is 7.97. The molecule has 1 aliphatic carbocycles. The van der Waals surface area contributed by atoms with Crippen molar-refractivity contribution in [3.63, 3.8) is 0 Å². The minimum absolute atomic E-state index is 0.310. The molecule has 1 aromatic heterocycles. The Morgan fingerprint density at radius 2 is 1.97 bits per heavy atom. The highest BCUT2D eigenvalue weighted by Crippen LogP contribution is 2.35. The maximum Gasteiger partial charge on any atom is 0.229 e. The van der Waals surface area contributed by atoms with Crippen LogP contribution < -0.4 is 14.9 Å². The molecule has 30 heavy (non-hydrogen) atoms. The first kappa shape index (κ1) is 19.2. The van der Waals surface area contributed by atoms with Crippen molar-refractivity contribution in [2.24, 2.45) is 5.92 Å². The van der Waals surface area contributed by atoms with Crippen molar-refractivity contribution in [3.8, 4) is 5.75 Å². The molecule has 3 aromatic rings. The first-order valence-electron chi connectivity index (χ1n) is 10.4. The fourth-order valence-electron chi connectivity index (χ4n) is 3.68. The van der Waals surface area contributed by atoms with Gasteiger partial charge in [0.15, 0.2) is 0 Å². The minimum Gasteiger partial charge on any atom is -0.508 e. The van der Waals surface area contributed by atoms with Crippen LogP contribution in [0.4, 0.5) is 23.1 Å². The van der Waals surface area contributed by atoms with E-state index in [4.69, 9.17) is 4.98 Å². The van der Waals surface area contributed by atoms with Crippen molar-refractivity contribution in [2.75, 3.05) is 23.3 Å². The Morgan fingerprint density at radius 1 is 1.10 bits per heavy atom. The molecular weight excluding hydrogens is 394 g/mol. The van der Waals surface area contributed by atoms with Gasteiger partial charge in [0.05, 0.1) is 0 Å². The number of aryl methyl sites for hydroxylation is 1. The largest absolute Gasteiger partial charge is 0.508 e. The number of fused-ring (bicyclic) bond motifs is 1. The Labute approximate surface area is 180 Å². The number of hydrogen-bond donors (Lipinski definition) is 3. The van der Waals surface area contributed by atoms with E-state index in [0.717, 1.165) is 54.6 Å². The lowest BCUT2D eigenvalue weighted by Gasteiger charge is -2.30. The molecule has 0 saturated heterocycles. The van der Waals surface area contributed by atoms with Crippen molar-refractivity contribution >= 4 is 35.1 Å². The number of aromatic hydroxyl groups is 1. The third-order valence-corrected chi connectivity index (χ3v) is 6.29. The molecule has 3 N–H and O–H groups in total. The summed E-state index contributed by atoms with van der Waals surface area (Å²) in [5, 5.41) is 13.1. The lowest BCUT2D eigenvalue weighted by molar-refractivity contribution is 0.474. The Kier molecular flexibility index (Phi) is 5.46. The number of aromatic nitrogens is 2. The third kappa shape index (κ3) is 4.52. The van der Waals surface area contributed by atoms with Crippen molar-refractivity contribution in [3.05, 3.63) is 60.3 Å². The first-order valence-corrected chi connectivity index (χ1v) is 11.3. The van der Waals surface area contributed by atoms with Crippen molar-refractivity contribution < 1.29 is 5.11 Å². The van der Waals surface area contributed by atoms with E-state index >= 15 is 0 Å². The summed E-state index contributed by atoms with van der Waals surface area (Å²) in [6, 6.07) is 15.8. The lowest BCUT2D eigenvalue weighted by atomic mass is 10.0. The number of hydrogen-bond acceptors (Lipinski definition) is 7. The molecule has 0 atom stereocenters. The zero-order chi connectivity index (χ0) is 20.3. The predicted molar refractivity (Wildman–Crippen MR) is 122 cm³/mol. The summed E-state index contributed by atoms with van der Waals surface area (Å²) >= 11 is 1.69. The maximum absolute atomic E-state index is 9.79. The number of nitrogens with one attached hydrogen (secondary N) is 2. The number of rotatable bonds is 7. The van der Waals surface area contributed by atoms with Crippen molar-refractivity contribution in [1.29, 1.82) is 0 Å². The summed E-state index contributed by atoms with van der Waals surface area (Å²) in [4.78, 5) is 12.5. The van der Waals surface area contributed by atoms with Crippen LogP contribution >= 0.6 is 11.9 Å². The van der Waals surface area contributed by atoms with Gasteiger partial charge in [-0.1, -0.05) is 0 Å². The molecule has 0 unspecified atom stereocenters. The van der Waals surface area contributed by atoms with Gasteiger partial charge in [0.25, 0.3) is 0 Å². The second-order valence-electron chi connectivity index (χ2n) is 7.85. The molecule has 1 saturated carbocycles.